The topological polar surface area (TPSA) is 29.3 Å². The van der Waals surface area contributed by atoms with Crippen LogP contribution in [0.4, 0.5) is 5.69 Å². The monoisotopic (exact) mass is 204 g/mol. The predicted molar refractivity (Wildman–Crippen MR) is 65.4 cm³/mol. The Bertz CT molecular complexity index is 344. The minimum Gasteiger partial charge on any atom is -0.371 e. The van der Waals surface area contributed by atoms with E-state index >= 15 is 0 Å². The molecular weight excluding hydrogens is 184 g/mol. The van der Waals surface area contributed by atoms with Crippen LogP contribution in [0.1, 0.15) is 25.0 Å². The summed E-state index contributed by atoms with van der Waals surface area (Å²) in [5.74, 6) is 0. The van der Waals surface area contributed by atoms with Gasteiger partial charge in [0.05, 0.1) is 0 Å². The number of nitrogens with two attached hydrogens (primary N) is 1. The van der Waals surface area contributed by atoms with Crippen molar-refractivity contribution in [3.63, 3.8) is 0 Å². The standard InChI is InChI=1S/C13H20N2/c1-3-15-7-6-12-9-11(8-10(2)14)4-5-13(12)15/h4-5,9-10H,3,6-8,14H2,1-2H3. The molecule has 2 rings (SSSR count). The van der Waals surface area contributed by atoms with Crippen LogP contribution in [0, 0.1) is 0 Å². The van der Waals surface area contributed by atoms with Crippen molar-refractivity contribution in [3.8, 4) is 0 Å². The fourth-order valence-electron chi connectivity index (χ4n) is 2.35. The summed E-state index contributed by atoms with van der Waals surface area (Å²) in [5.41, 5.74) is 10.1. The number of anilines is 1. The summed E-state index contributed by atoms with van der Waals surface area (Å²) in [5, 5.41) is 0. The summed E-state index contributed by atoms with van der Waals surface area (Å²) in [4.78, 5) is 2.44. The quantitative estimate of drug-likeness (QED) is 0.815. The SMILES string of the molecule is CCN1CCc2cc(CC(C)N)ccc21. The fourth-order valence-corrected chi connectivity index (χ4v) is 2.35. The van der Waals surface area contributed by atoms with Gasteiger partial charge in [-0.05, 0) is 43.9 Å². The van der Waals surface area contributed by atoms with Crippen LogP contribution in [-0.2, 0) is 12.8 Å². The summed E-state index contributed by atoms with van der Waals surface area (Å²) < 4.78 is 0. The van der Waals surface area contributed by atoms with Gasteiger partial charge in [-0.15, -0.1) is 0 Å². The number of benzene rings is 1. The van der Waals surface area contributed by atoms with Crippen molar-refractivity contribution in [1.82, 2.24) is 0 Å². The second kappa shape index (κ2) is 4.23. The van der Waals surface area contributed by atoms with Crippen LogP contribution in [0.3, 0.4) is 0 Å². The van der Waals surface area contributed by atoms with Gasteiger partial charge >= 0.3 is 0 Å². The van der Waals surface area contributed by atoms with Crippen molar-refractivity contribution in [3.05, 3.63) is 29.3 Å². The Kier molecular flexibility index (Phi) is 2.96. The highest BCUT2D eigenvalue weighted by Gasteiger charge is 2.17. The molecule has 0 amide bonds. The van der Waals surface area contributed by atoms with Gasteiger partial charge in [0.25, 0.3) is 0 Å². The van der Waals surface area contributed by atoms with Crippen LogP contribution in [0.15, 0.2) is 18.2 Å². The van der Waals surface area contributed by atoms with Crippen LogP contribution < -0.4 is 10.6 Å². The van der Waals surface area contributed by atoms with Crippen LogP contribution in [-0.4, -0.2) is 19.1 Å². The van der Waals surface area contributed by atoms with Gasteiger partial charge in [-0.3, -0.25) is 0 Å². The highest BCUT2D eigenvalue weighted by atomic mass is 15.1. The second-order valence-corrected chi connectivity index (χ2v) is 4.47. The molecule has 0 saturated heterocycles. The van der Waals surface area contributed by atoms with Gasteiger partial charge in [-0.1, -0.05) is 12.1 Å². The molecule has 1 aliphatic heterocycles. The zero-order valence-electron chi connectivity index (χ0n) is 9.66. The average Bonchev–Trinajstić information content (AvgIpc) is 2.58. The first-order valence-electron chi connectivity index (χ1n) is 5.83. The molecule has 2 nitrogen and oxygen atoms in total. The van der Waals surface area contributed by atoms with E-state index in [1.165, 1.54) is 29.8 Å². The first kappa shape index (κ1) is 10.5. The van der Waals surface area contributed by atoms with Crippen LogP contribution in [0.2, 0.25) is 0 Å². The van der Waals surface area contributed by atoms with E-state index in [4.69, 9.17) is 5.73 Å². The van der Waals surface area contributed by atoms with E-state index in [1.807, 2.05) is 0 Å². The summed E-state index contributed by atoms with van der Waals surface area (Å²) in [6, 6.07) is 7.06. The summed E-state index contributed by atoms with van der Waals surface area (Å²) in [6.45, 7) is 6.56. The fraction of sp³-hybridized carbons (Fsp3) is 0.538. The maximum atomic E-state index is 5.81. The van der Waals surface area contributed by atoms with Crippen molar-refractivity contribution in [2.45, 2.75) is 32.7 Å². The van der Waals surface area contributed by atoms with Gasteiger partial charge < -0.3 is 10.6 Å². The zero-order valence-corrected chi connectivity index (χ0v) is 9.66. The Morgan fingerprint density at radius 1 is 1.47 bits per heavy atom. The van der Waals surface area contributed by atoms with Gasteiger partial charge in [-0.25, -0.2) is 0 Å². The lowest BCUT2D eigenvalue weighted by Gasteiger charge is -2.16. The van der Waals surface area contributed by atoms with Gasteiger partial charge in [-0.2, -0.15) is 0 Å². The van der Waals surface area contributed by atoms with Crippen molar-refractivity contribution in [1.29, 1.82) is 0 Å². The maximum Gasteiger partial charge on any atom is 0.0399 e. The molecule has 2 heteroatoms. The zero-order chi connectivity index (χ0) is 10.8. The number of hydrogen-bond acceptors (Lipinski definition) is 2. The number of likely N-dealkylation sites (N-methyl/N-ethyl adjacent to an activating group) is 1. The Labute approximate surface area is 92.1 Å². The molecule has 0 aromatic heterocycles. The molecule has 0 saturated carbocycles. The molecule has 0 spiro atoms. The minimum absolute atomic E-state index is 0.256. The van der Waals surface area contributed by atoms with Gasteiger partial charge in [0.15, 0.2) is 0 Å². The third kappa shape index (κ3) is 2.15. The Morgan fingerprint density at radius 2 is 2.27 bits per heavy atom. The highest BCUT2D eigenvalue weighted by molar-refractivity contribution is 5.59. The molecule has 1 unspecified atom stereocenters. The largest absolute Gasteiger partial charge is 0.371 e. The summed E-state index contributed by atoms with van der Waals surface area (Å²) in [6.07, 6.45) is 2.18. The molecule has 0 radical (unpaired) electrons. The predicted octanol–water partition coefficient (Wildman–Crippen LogP) is 1.96. The smallest absolute Gasteiger partial charge is 0.0399 e. The number of fused-ring (bicyclic) bond motifs is 1. The van der Waals surface area contributed by atoms with Crippen LogP contribution in [0.5, 0.6) is 0 Å². The molecule has 15 heavy (non-hydrogen) atoms. The maximum absolute atomic E-state index is 5.81. The molecule has 0 aliphatic carbocycles. The van der Waals surface area contributed by atoms with E-state index in [2.05, 4.69) is 36.9 Å². The minimum atomic E-state index is 0.256. The molecule has 0 bridgehead atoms. The second-order valence-electron chi connectivity index (χ2n) is 4.47. The molecule has 2 N–H and O–H groups in total. The Hall–Kier alpha value is -1.02. The van der Waals surface area contributed by atoms with Crippen molar-refractivity contribution in [2.75, 3.05) is 18.0 Å². The molecule has 1 aromatic rings. The molecule has 1 atom stereocenters. The highest BCUT2D eigenvalue weighted by Crippen LogP contribution is 2.28. The average molecular weight is 204 g/mol. The van der Waals surface area contributed by atoms with E-state index in [0.717, 1.165) is 13.0 Å². The van der Waals surface area contributed by atoms with E-state index < -0.39 is 0 Å². The van der Waals surface area contributed by atoms with Crippen LogP contribution in [0.25, 0.3) is 0 Å². The third-order valence-electron chi connectivity index (χ3n) is 3.08. The Balaban J connectivity index is 2.21. The molecule has 1 aromatic carbocycles. The van der Waals surface area contributed by atoms with E-state index in [1.54, 1.807) is 0 Å². The normalized spacial score (nSPS) is 16.6. The molecule has 1 aliphatic rings. The Morgan fingerprint density at radius 3 is 2.93 bits per heavy atom. The summed E-state index contributed by atoms with van der Waals surface area (Å²) >= 11 is 0. The van der Waals surface area contributed by atoms with Gasteiger partial charge in [0, 0.05) is 24.8 Å². The van der Waals surface area contributed by atoms with E-state index in [9.17, 15) is 0 Å². The van der Waals surface area contributed by atoms with E-state index in [0.29, 0.717) is 0 Å². The lowest BCUT2D eigenvalue weighted by Crippen LogP contribution is -2.19. The lowest BCUT2D eigenvalue weighted by atomic mass is 10.0. The molecule has 82 valence electrons. The first-order valence-corrected chi connectivity index (χ1v) is 5.83. The third-order valence-corrected chi connectivity index (χ3v) is 3.08. The number of hydrogen-bond donors (Lipinski definition) is 1. The lowest BCUT2D eigenvalue weighted by molar-refractivity contribution is 0.737. The van der Waals surface area contributed by atoms with Crippen molar-refractivity contribution >= 4 is 5.69 Å². The van der Waals surface area contributed by atoms with Crippen molar-refractivity contribution < 1.29 is 0 Å². The molecular formula is C13H20N2. The number of nitrogens with zero attached hydrogens (tertiary/aromatic N) is 1. The van der Waals surface area contributed by atoms with Crippen molar-refractivity contribution in [2.24, 2.45) is 5.73 Å². The van der Waals surface area contributed by atoms with Crippen LogP contribution >= 0.6 is 0 Å². The van der Waals surface area contributed by atoms with E-state index in [-0.39, 0.29) is 6.04 Å². The van der Waals surface area contributed by atoms with Gasteiger partial charge in [0.1, 0.15) is 0 Å². The summed E-state index contributed by atoms with van der Waals surface area (Å²) in [7, 11) is 0. The number of rotatable bonds is 3. The van der Waals surface area contributed by atoms with Gasteiger partial charge in [0.2, 0.25) is 0 Å². The molecule has 1 heterocycles. The molecule has 0 fully saturated rings. The first-order chi connectivity index (χ1) is 7.20.